The molecule has 0 N–H and O–H groups in total. The molecule has 2 rings (SSSR count). The summed E-state index contributed by atoms with van der Waals surface area (Å²) in [6, 6.07) is 3.43. The van der Waals surface area contributed by atoms with Crippen LogP contribution in [0.3, 0.4) is 0 Å². The second-order valence-electron chi connectivity index (χ2n) is 6.03. The van der Waals surface area contributed by atoms with Gasteiger partial charge in [-0.3, -0.25) is 4.79 Å². The molecule has 2 aromatic rings. The Kier molecular flexibility index (Phi) is 7.16. The Morgan fingerprint density at radius 2 is 1.88 bits per heavy atom. The van der Waals surface area contributed by atoms with Crippen LogP contribution in [0.2, 0.25) is 0 Å². The molecular weight excluding hydrogens is 362 g/mol. The summed E-state index contributed by atoms with van der Waals surface area (Å²) in [6.07, 6.45) is 0. The number of hydrogen-bond acceptors (Lipinski definition) is 5. The SMILES string of the molecule is CC(=O)OCCOCc1nc(C(C)C)c(Sc2cc(F)cc(F)c2)n1C. The zero-order valence-electron chi connectivity index (χ0n) is 15.2. The van der Waals surface area contributed by atoms with Gasteiger partial charge in [0.15, 0.2) is 0 Å². The van der Waals surface area contributed by atoms with Gasteiger partial charge in [0.1, 0.15) is 35.7 Å². The number of nitrogens with zero attached hydrogens (tertiary/aromatic N) is 2. The molecule has 26 heavy (non-hydrogen) atoms. The third kappa shape index (κ3) is 5.54. The highest BCUT2D eigenvalue weighted by atomic mass is 32.2. The van der Waals surface area contributed by atoms with Crippen LogP contribution in [0.1, 0.15) is 38.2 Å². The van der Waals surface area contributed by atoms with Gasteiger partial charge in [0, 0.05) is 24.9 Å². The molecule has 0 radical (unpaired) electrons. The molecule has 0 spiro atoms. The Labute approximate surface area is 155 Å². The number of benzene rings is 1. The number of aromatic nitrogens is 2. The van der Waals surface area contributed by atoms with E-state index in [0.717, 1.165) is 16.8 Å². The maximum Gasteiger partial charge on any atom is 0.302 e. The zero-order valence-corrected chi connectivity index (χ0v) is 16.0. The van der Waals surface area contributed by atoms with Crippen LogP contribution in [0.4, 0.5) is 8.78 Å². The third-order valence-corrected chi connectivity index (χ3v) is 4.67. The monoisotopic (exact) mass is 384 g/mol. The van der Waals surface area contributed by atoms with Crippen LogP contribution in [0.25, 0.3) is 0 Å². The highest BCUT2D eigenvalue weighted by Gasteiger charge is 2.19. The Morgan fingerprint density at radius 3 is 2.46 bits per heavy atom. The van der Waals surface area contributed by atoms with E-state index in [9.17, 15) is 13.6 Å². The van der Waals surface area contributed by atoms with Crippen LogP contribution in [0.15, 0.2) is 28.1 Å². The van der Waals surface area contributed by atoms with Crippen molar-refractivity contribution in [3.63, 3.8) is 0 Å². The molecule has 1 aromatic heterocycles. The van der Waals surface area contributed by atoms with Crippen LogP contribution in [0.5, 0.6) is 0 Å². The number of ether oxygens (including phenoxy) is 2. The fourth-order valence-corrected chi connectivity index (χ4v) is 3.48. The average Bonchev–Trinajstić information content (AvgIpc) is 2.83. The standard InChI is InChI=1S/C18H22F2N2O3S/c1-11(2)17-18(26-15-8-13(19)7-14(20)9-15)22(4)16(21-17)10-24-5-6-25-12(3)23/h7-9,11H,5-6,10H2,1-4H3. The highest BCUT2D eigenvalue weighted by molar-refractivity contribution is 7.99. The number of imidazole rings is 1. The van der Waals surface area contributed by atoms with Crippen molar-refractivity contribution < 1.29 is 23.0 Å². The zero-order chi connectivity index (χ0) is 19.3. The van der Waals surface area contributed by atoms with Gasteiger partial charge in [-0.2, -0.15) is 0 Å². The maximum absolute atomic E-state index is 13.5. The van der Waals surface area contributed by atoms with Gasteiger partial charge in [0.2, 0.25) is 0 Å². The summed E-state index contributed by atoms with van der Waals surface area (Å²) in [7, 11) is 1.83. The van der Waals surface area contributed by atoms with Crippen LogP contribution in [0, 0.1) is 11.6 Å². The molecule has 8 heteroatoms. The van der Waals surface area contributed by atoms with Gasteiger partial charge >= 0.3 is 5.97 Å². The lowest BCUT2D eigenvalue weighted by atomic mass is 10.2. The van der Waals surface area contributed by atoms with Gasteiger partial charge in [0.05, 0.1) is 12.3 Å². The van der Waals surface area contributed by atoms with Crippen molar-refractivity contribution in [1.29, 1.82) is 0 Å². The van der Waals surface area contributed by atoms with Crippen molar-refractivity contribution in [1.82, 2.24) is 9.55 Å². The van der Waals surface area contributed by atoms with Crippen molar-refractivity contribution in [2.24, 2.45) is 7.05 Å². The maximum atomic E-state index is 13.5. The van der Waals surface area contributed by atoms with Gasteiger partial charge in [0.25, 0.3) is 0 Å². The van der Waals surface area contributed by atoms with Crippen LogP contribution in [-0.4, -0.2) is 28.7 Å². The Bertz CT molecular complexity index is 758. The molecule has 0 aliphatic heterocycles. The molecule has 5 nitrogen and oxygen atoms in total. The number of rotatable bonds is 8. The molecule has 0 amide bonds. The number of halogens is 2. The minimum atomic E-state index is -0.616. The number of hydrogen-bond donors (Lipinski definition) is 0. The summed E-state index contributed by atoms with van der Waals surface area (Å²) in [6.45, 7) is 6.04. The van der Waals surface area contributed by atoms with Crippen LogP contribution < -0.4 is 0 Å². The summed E-state index contributed by atoms with van der Waals surface area (Å²) >= 11 is 1.26. The van der Waals surface area contributed by atoms with E-state index in [1.54, 1.807) is 0 Å². The van der Waals surface area contributed by atoms with E-state index in [1.165, 1.54) is 30.8 Å². The van der Waals surface area contributed by atoms with Crippen LogP contribution in [-0.2, 0) is 27.9 Å². The average molecular weight is 384 g/mol. The first-order valence-corrected chi connectivity index (χ1v) is 9.00. The molecule has 142 valence electrons. The molecule has 0 atom stereocenters. The lowest BCUT2D eigenvalue weighted by molar-refractivity contribution is -0.142. The third-order valence-electron chi connectivity index (χ3n) is 3.52. The molecule has 0 saturated heterocycles. The van der Waals surface area contributed by atoms with Crippen molar-refractivity contribution in [3.8, 4) is 0 Å². The lowest BCUT2D eigenvalue weighted by Gasteiger charge is -2.09. The van der Waals surface area contributed by atoms with E-state index >= 15 is 0 Å². The minimum Gasteiger partial charge on any atom is -0.463 e. The molecule has 1 aromatic carbocycles. The predicted molar refractivity (Wildman–Crippen MR) is 94.1 cm³/mol. The van der Waals surface area contributed by atoms with Gasteiger partial charge in [-0.15, -0.1) is 0 Å². The van der Waals surface area contributed by atoms with E-state index in [4.69, 9.17) is 9.47 Å². The van der Waals surface area contributed by atoms with Crippen molar-refractivity contribution in [2.75, 3.05) is 13.2 Å². The molecule has 0 fully saturated rings. The van der Waals surface area contributed by atoms with Crippen molar-refractivity contribution in [2.45, 2.75) is 43.2 Å². The molecule has 0 unspecified atom stereocenters. The van der Waals surface area contributed by atoms with Gasteiger partial charge in [-0.1, -0.05) is 25.6 Å². The molecule has 0 bridgehead atoms. The second kappa shape index (κ2) is 9.14. The molecule has 0 aliphatic carbocycles. The van der Waals surface area contributed by atoms with E-state index in [2.05, 4.69) is 4.98 Å². The number of esters is 1. The fourth-order valence-electron chi connectivity index (χ4n) is 2.28. The summed E-state index contributed by atoms with van der Waals surface area (Å²) in [5.74, 6) is -0.758. The van der Waals surface area contributed by atoms with E-state index < -0.39 is 11.6 Å². The van der Waals surface area contributed by atoms with Crippen molar-refractivity contribution in [3.05, 3.63) is 41.4 Å². The Hall–Kier alpha value is -1.93. The first-order chi connectivity index (χ1) is 12.3. The predicted octanol–water partition coefficient (Wildman–Crippen LogP) is 4.05. The summed E-state index contributed by atoms with van der Waals surface area (Å²) in [5.41, 5.74) is 0.834. The second-order valence-corrected chi connectivity index (χ2v) is 7.09. The lowest BCUT2D eigenvalue weighted by Crippen LogP contribution is -2.09. The Balaban J connectivity index is 2.14. The normalized spacial score (nSPS) is 11.2. The minimum absolute atomic E-state index is 0.136. The largest absolute Gasteiger partial charge is 0.463 e. The Morgan fingerprint density at radius 1 is 1.23 bits per heavy atom. The highest BCUT2D eigenvalue weighted by Crippen LogP contribution is 2.35. The molecule has 0 aliphatic rings. The van der Waals surface area contributed by atoms with Crippen molar-refractivity contribution >= 4 is 17.7 Å². The van der Waals surface area contributed by atoms with Gasteiger partial charge in [-0.05, 0) is 18.1 Å². The van der Waals surface area contributed by atoms with Crippen LogP contribution >= 0.6 is 11.8 Å². The summed E-state index contributed by atoms with van der Waals surface area (Å²) in [5, 5.41) is 0.809. The molecular formula is C18H22F2N2O3S. The summed E-state index contributed by atoms with van der Waals surface area (Å²) < 4.78 is 39.1. The van der Waals surface area contributed by atoms with E-state index in [1.807, 2.05) is 25.5 Å². The first kappa shape index (κ1) is 20.4. The fraction of sp³-hybridized carbons (Fsp3) is 0.444. The first-order valence-electron chi connectivity index (χ1n) is 8.18. The topological polar surface area (TPSA) is 53.4 Å². The number of carbonyl (C=O) groups is 1. The number of carbonyl (C=O) groups excluding carboxylic acids is 1. The van der Waals surface area contributed by atoms with E-state index in [0.29, 0.717) is 10.7 Å². The molecule has 1 heterocycles. The van der Waals surface area contributed by atoms with E-state index in [-0.39, 0.29) is 31.7 Å². The van der Waals surface area contributed by atoms with Gasteiger partial charge in [-0.25, -0.2) is 13.8 Å². The quantitative estimate of drug-likeness (QED) is 0.508. The molecule has 0 saturated carbocycles. The summed E-state index contributed by atoms with van der Waals surface area (Å²) in [4.78, 5) is 15.8. The van der Waals surface area contributed by atoms with Gasteiger partial charge < -0.3 is 14.0 Å². The smallest absolute Gasteiger partial charge is 0.302 e.